The molecule has 0 aliphatic carbocycles. The predicted molar refractivity (Wildman–Crippen MR) is 214 cm³/mol. The van der Waals surface area contributed by atoms with Gasteiger partial charge in [0.2, 0.25) is 0 Å². The summed E-state index contributed by atoms with van der Waals surface area (Å²) in [6.07, 6.45) is 0.389. The molecule has 12 nitrogen and oxygen atoms in total. The monoisotopic (exact) mass is 681 g/mol. The first kappa shape index (κ1) is 55.9. The SMILES string of the molecule is CC(C)CN(C)C.CC(CN(C)C)CN(C)CN(C)C.CN(C)C.CN(C)C(N(C)C)N(C)C.CN(C)CN(CN(C)C)CN(C)C. The van der Waals surface area contributed by atoms with Crippen LogP contribution in [0, 0.1) is 11.8 Å². The average Bonchev–Trinajstić information content (AvgIpc) is 2.75. The Morgan fingerprint density at radius 3 is 0.766 bits per heavy atom. The topological polar surface area (TPSA) is 38.9 Å². The molecule has 0 spiro atoms. The standard InChI is InChI=1S/C10H25N3.C9H24N4.C7H19N3.C6H15N.C3H9N/c1-10(7-11(2)3)8-13(6)9-12(4)5;1-10(2)7-13(8-11(3)4)9-12(5)6;1-8(2)7(9(3)4)10(5)6;1-6(2)5-7(3)4;1-4(2)3/h10H,7-9H2,1-6H3;7-9H2,1-6H3;7H,1-6H3;6H,5H2,1-4H3;1-3H3. The van der Waals surface area contributed by atoms with Gasteiger partial charge in [-0.05, 0) is 173 Å². The molecule has 0 rings (SSSR count). The molecule has 292 valence electrons. The molecule has 0 saturated carbocycles. The normalized spacial score (nSPS) is 12.6. The van der Waals surface area contributed by atoms with Crippen LogP contribution in [-0.2, 0) is 0 Å². The van der Waals surface area contributed by atoms with Gasteiger partial charge in [0, 0.05) is 19.8 Å². The molecule has 0 amide bonds. The van der Waals surface area contributed by atoms with Crippen molar-refractivity contribution in [3.8, 4) is 0 Å². The zero-order valence-corrected chi connectivity index (χ0v) is 37.0. The van der Waals surface area contributed by atoms with Crippen molar-refractivity contribution >= 4 is 0 Å². The van der Waals surface area contributed by atoms with Crippen LogP contribution >= 0.6 is 0 Å². The van der Waals surface area contributed by atoms with E-state index in [1.54, 1.807) is 0 Å². The summed E-state index contributed by atoms with van der Waals surface area (Å²) in [6.45, 7) is 14.3. The highest BCUT2D eigenvalue weighted by molar-refractivity contribution is 4.61. The number of hydrogen-bond donors (Lipinski definition) is 0. The molecule has 1 atom stereocenters. The number of nitrogens with zero attached hydrogens (tertiary/aromatic N) is 12. The van der Waals surface area contributed by atoms with Gasteiger partial charge in [0.1, 0.15) is 6.29 Å². The van der Waals surface area contributed by atoms with Gasteiger partial charge in [-0.1, -0.05) is 20.8 Å². The first-order valence-electron chi connectivity index (χ1n) is 17.0. The van der Waals surface area contributed by atoms with Gasteiger partial charge >= 0.3 is 0 Å². The third kappa shape index (κ3) is 55.2. The summed E-state index contributed by atoms with van der Waals surface area (Å²) < 4.78 is 0. The lowest BCUT2D eigenvalue weighted by molar-refractivity contribution is 0.00961. The fraction of sp³-hybridized carbons (Fsp3) is 1.00. The lowest BCUT2D eigenvalue weighted by Crippen LogP contribution is -2.50. The molecular formula is C35H92N12. The summed E-state index contributed by atoms with van der Waals surface area (Å²) in [5, 5.41) is 0. The van der Waals surface area contributed by atoms with E-state index in [1.807, 2.05) is 26.0 Å². The predicted octanol–water partition coefficient (Wildman–Crippen LogP) is 1.82. The zero-order chi connectivity index (χ0) is 38.6. The molecule has 0 aliphatic rings. The minimum Gasteiger partial charge on any atom is -0.312 e. The van der Waals surface area contributed by atoms with Crippen LogP contribution in [0.25, 0.3) is 0 Å². The van der Waals surface area contributed by atoms with Gasteiger partial charge in [-0.25, -0.2) is 0 Å². The molecule has 47 heavy (non-hydrogen) atoms. The van der Waals surface area contributed by atoms with E-state index in [9.17, 15) is 0 Å². The van der Waals surface area contributed by atoms with Crippen molar-refractivity contribution in [2.24, 2.45) is 11.8 Å². The van der Waals surface area contributed by atoms with E-state index in [1.165, 1.54) is 6.54 Å². The number of rotatable bonds is 17. The highest BCUT2D eigenvalue weighted by atomic mass is 15.5. The fourth-order valence-electron chi connectivity index (χ4n) is 5.20. The third-order valence-electron chi connectivity index (χ3n) is 5.39. The van der Waals surface area contributed by atoms with Gasteiger partial charge in [-0.3, -0.25) is 44.1 Å². The van der Waals surface area contributed by atoms with Crippen molar-refractivity contribution in [2.45, 2.75) is 27.1 Å². The number of hydrogen-bond acceptors (Lipinski definition) is 12. The van der Waals surface area contributed by atoms with Crippen molar-refractivity contribution in [3.05, 3.63) is 0 Å². The van der Waals surface area contributed by atoms with E-state index in [4.69, 9.17) is 0 Å². The van der Waals surface area contributed by atoms with Gasteiger partial charge < -0.3 is 14.7 Å². The largest absolute Gasteiger partial charge is 0.312 e. The Kier molecular flexibility index (Phi) is 40.4. The van der Waals surface area contributed by atoms with Crippen LogP contribution in [-0.4, -0.2) is 266 Å². The summed E-state index contributed by atoms with van der Waals surface area (Å²) in [5.41, 5.74) is 0. The first-order chi connectivity index (χ1) is 21.1. The Morgan fingerprint density at radius 2 is 0.617 bits per heavy atom. The van der Waals surface area contributed by atoms with Gasteiger partial charge in [0.25, 0.3) is 0 Å². The van der Waals surface area contributed by atoms with Crippen molar-refractivity contribution in [2.75, 3.05) is 201 Å². The minimum atomic E-state index is 0.389. The van der Waals surface area contributed by atoms with E-state index >= 15 is 0 Å². The minimum absolute atomic E-state index is 0.389. The molecule has 0 bridgehead atoms. The van der Waals surface area contributed by atoms with E-state index in [-0.39, 0.29) is 0 Å². The van der Waals surface area contributed by atoms with Crippen LogP contribution < -0.4 is 0 Å². The van der Waals surface area contributed by atoms with Crippen LogP contribution in [0.3, 0.4) is 0 Å². The second-order valence-electron chi connectivity index (χ2n) is 16.2. The maximum Gasteiger partial charge on any atom is 0.118 e. The molecule has 0 fully saturated rings. The van der Waals surface area contributed by atoms with E-state index in [0.29, 0.717) is 6.29 Å². The first-order valence-corrected chi connectivity index (χ1v) is 17.0. The fourth-order valence-corrected chi connectivity index (χ4v) is 5.20. The molecular weight excluding hydrogens is 588 g/mol. The van der Waals surface area contributed by atoms with E-state index in [0.717, 1.165) is 51.6 Å². The molecule has 12 heteroatoms. The quantitative estimate of drug-likeness (QED) is 0.211. The maximum atomic E-state index is 2.38. The zero-order valence-electron chi connectivity index (χ0n) is 37.0. The van der Waals surface area contributed by atoms with E-state index < -0.39 is 0 Å². The van der Waals surface area contributed by atoms with Gasteiger partial charge in [-0.15, -0.1) is 0 Å². The Morgan fingerprint density at radius 1 is 0.340 bits per heavy atom. The molecule has 0 N–H and O–H groups in total. The average molecular weight is 681 g/mol. The van der Waals surface area contributed by atoms with Crippen LogP contribution in [0.5, 0.6) is 0 Å². The Bertz CT molecular complexity index is 544. The second kappa shape index (κ2) is 34.0. The second-order valence-corrected chi connectivity index (χ2v) is 16.2. The van der Waals surface area contributed by atoms with Gasteiger partial charge in [0.05, 0.1) is 20.0 Å². The molecule has 0 radical (unpaired) electrons. The van der Waals surface area contributed by atoms with Crippen molar-refractivity contribution in [1.82, 2.24) is 58.8 Å². The summed E-state index contributed by atoms with van der Waals surface area (Å²) >= 11 is 0. The maximum absolute atomic E-state index is 2.38. The molecule has 1 unspecified atom stereocenters. The summed E-state index contributed by atoms with van der Waals surface area (Å²) in [6, 6.07) is 0. The Balaban J connectivity index is -0.000000164. The smallest absolute Gasteiger partial charge is 0.118 e. The van der Waals surface area contributed by atoms with Crippen LogP contribution in [0.1, 0.15) is 20.8 Å². The Hall–Kier alpha value is -0.480. The van der Waals surface area contributed by atoms with Crippen LogP contribution in [0.15, 0.2) is 0 Å². The third-order valence-corrected chi connectivity index (χ3v) is 5.39. The summed E-state index contributed by atoms with van der Waals surface area (Å²) in [5.74, 6) is 1.54. The summed E-state index contributed by atoms with van der Waals surface area (Å²) in [7, 11) is 45.8. The summed E-state index contributed by atoms with van der Waals surface area (Å²) in [4.78, 5) is 26.4. The highest BCUT2D eigenvalue weighted by Gasteiger charge is 2.14. The van der Waals surface area contributed by atoms with Crippen molar-refractivity contribution < 1.29 is 0 Å². The van der Waals surface area contributed by atoms with Gasteiger partial charge in [-0.2, -0.15) is 0 Å². The highest BCUT2D eigenvalue weighted by Crippen LogP contribution is 2.00. The molecule has 0 aromatic heterocycles. The molecule has 0 aliphatic heterocycles. The molecule has 0 saturated heterocycles. The van der Waals surface area contributed by atoms with Crippen LogP contribution in [0.4, 0.5) is 0 Å². The van der Waals surface area contributed by atoms with Gasteiger partial charge in [0.15, 0.2) is 0 Å². The van der Waals surface area contributed by atoms with Crippen LogP contribution in [0.2, 0.25) is 0 Å². The molecule has 0 aromatic carbocycles. The van der Waals surface area contributed by atoms with Crippen molar-refractivity contribution in [1.29, 1.82) is 0 Å². The van der Waals surface area contributed by atoms with E-state index in [2.05, 4.69) is 209 Å². The molecule has 0 heterocycles. The van der Waals surface area contributed by atoms with Crippen molar-refractivity contribution in [3.63, 3.8) is 0 Å². The lowest BCUT2D eigenvalue weighted by Gasteiger charge is -2.35. The molecule has 0 aromatic rings. The Labute approximate surface area is 298 Å². The lowest BCUT2D eigenvalue weighted by atomic mass is 10.1.